The molecule has 3 aromatic carbocycles. The quantitative estimate of drug-likeness (QED) is 0.564. The maximum absolute atomic E-state index is 12.9. The monoisotopic (exact) mass is 473 g/mol. The zero-order chi connectivity index (χ0) is 24.4. The van der Waals surface area contributed by atoms with Crippen LogP contribution in [0.5, 0.6) is 17.2 Å². The molecule has 178 valence electrons. The molecule has 2 heterocycles. The molecule has 9 heteroatoms. The van der Waals surface area contributed by atoms with Crippen LogP contribution in [-0.2, 0) is 9.59 Å². The van der Waals surface area contributed by atoms with Gasteiger partial charge in [-0.15, -0.1) is 0 Å². The van der Waals surface area contributed by atoms with E-state index >= 15 is 0 Å². The van der Waals surface area contributed by atoms with Gasteiger partial charge in [-0.25, -0.2) is 0 Å². The van der Waals surface area contributed by atoms with Crippen molar-refractivity contribution in [3.05, 3.63) is 72.3 Å². The summed E-state index contributed by atoms with van der Waals surface area (Å²) in [6.45, 7) is 2.00. The number of rotatable bonds is 6. The molecule has 0 fully saturated rings. The van der Waals surface area contributed by atoms with Crippen LogP contribution in [0.2, 0.25) is 0 Å². The minimum Gasteiger partial charge on any atom is -0.479 e. The van der Waals surface area contributed by atoms with E-state index in [1.807, 2.05) is 12.1 Å². The number of para-hydroxylation sites is 3. The predicted molar refractivity (Wildman–Crippen MR) is 129 cm³/mol. The Hall–Kier alpha value is -4.53. The van der Waals surface area contributed by atoms with E-state index in [-0.39, 0.29) is 37.5 Å². The van der Waals surface area contributed by atoms with Crippen molar-refractivity contribution in [2.24, 2.45) is 0 Å². The van der Waals surface area contributed by atoms with E-state index in [0.717, 1.165) is 0 Å². The summed E-state index contributed by atoms with van der Waals surface area (Å²) in [5.41, 5.74) is 1.85. The van der Waals surface area contributed by atoms with Crippen molar-refractivity contribution in [2.75, 3.05) is 28.9 Å². The molecular formula is C26H23N3O6. The van der Waals surface area contributed by atoms with E-state index < -0.39 is 6.10 Å². The number of nitrogens with zero attached hydrogens (tertiary/aromatic N) is 1. The number of hydrogen-bond acceptors (Lipinski definition) is 6. The third-order valence-electron chi connectivity index (χ3n) is 5.71. The van der Waals surface area contributed by atoms with Crippen LogP contribution >= 0.6 is 0 Å². The number of hydrogen-bond donors (Lipinski definition) is 2. The molecule has 0 saturated carbocycles. The van der Waals surface area contributed by atoms with Crippen LogP contribution in [0.1, 0.15) is 23.7 Å². The lowest BCUT2D eigenvalue weighted by atomic mass is 10.1. The number of fused-ring (bicyclic) bond motifs is 2. The SMILES string of the molecule is CC1Oc2ccccc2N(CCC(=O)Nc2ccccc2C(=O)Nc2ccc3c(c2)OCO3)C1=O. The number of anilines is 3. The van der Waals surface area contributed by atoms with Gasteiger partial charge in [-0.3, -0.25) is 14.4 Å². The topological polar surface area (TPSA) is 106 Å². The molecule has 5 rings (SSSR count). The third-order valence-corrected chi connectivity index (χ3v) is 5.71. The van der Waals surface area contributed by atoms with Crippen molar-refractivity contribution in [2.45, 2.75) is 19.4 Å². The summed E-state index contributed by atoms with van der Waals surface area (Å²) >= 11 is 0. The summed E-state index contributed by atoms with van der Waals surface area (Å²) in [4.78, 5) is 39.9. The van der Waals surface area contributed by atoms with E-state index in [1.54, 1.807) is 66.4 Å². The molecule has 1 atom stereocenters. The fourth-order valence-corrected chi connectivity index (χ4v) is 3.98. The van der Waals surface area contributed by atoms with E-state index in [4.69, 9.17) is 14.2 Å². The molecule has 0 aliphatic carbocycles. The van der Waals surface area contributed by atoms with E-state index in [0.29, 0.717) is 39.9 Å². The Morgan fingerprint density at radius 1 is 0.943 bits per heavy atom. The van der Waals surface area contributed by atoms with Gasteiger partial charge >= 0.3 is 0 Å². The smallest absolute Gasteiger partial charge is 0.267 e. The van der Waals surface area contributed by atoms with Crippen LogP contribution in [0.15, 0.2) is 66.7 Å². The van der Waals surface area contributed by atoms with Crippen molar-refractivity contribution in [3.8, 4) is 17.2 Å². The van der Waals surface area contributed by atoms with Gasteiger partial charge in [0.05, 0.1) is 16.9 Å². The maximum atomic E-state index is 12.9. The molecule has 3 amide bonds. The van der Waals surface area contributed by atoms with Gasteiger partial charge in [-0.1, -0.05) is 24.3 Å². The summed E-state index contributed by atoms with van der Waals surface area (Å²) in [6, 6.07) is 19.1. The minimum atomic E-state index is -0.631. The van der Waals surface area contributed by atoms with Crippen LogP contribution in [0, 0.1) is 0 Å². The first kappa shape index (κ1) is 22.3. The first-order valence-electron chi connectivity index (χ1n) is 11.2. The lowest BCUT2D eigenvalue weighted by Gasteiger charge is -2.32. The Morgan fingerprint density at radius 3 is 2.60 bits per heavy atom. The second kappa shape index (κ2) is 9.38. The number of ether oxygens (including phenoxy) is 3. The Balaban J connectivity index is 1.25. The van der Waals surface area contributed by atoms with Crippen LogP contribution in [0.4, 0.5) is 17.1 Å². The number of amides is 3. The molecule has 3 aromatic rings. The van der Waals surface area contributed by atoms with E-state index in [1.165, 1.54) is 0 Å². The van der Waals surface area contributed by atoms with Crippen LogP contribution in [0.25, 0.3) is 0 Å². The van der Waals surface area contributed by atoms with Gasteiger partial charge in [-0.05, 0) is 43.3 Å². The highest BCUT2D eigenvalue weighted by Gasteiger charge is 2.31. The second-order valence-electron chi connectivity index (χ2n) is 8.08. The van der Waals surface area contributed by atoms with Crippen molar-refractivity contribution >= 4 is 34.8 Å². The van der Waals surface area contributed by atoms with Gasteiger partial charge in [0, 0.05) is 24.7 Å². The first-order valence-corrected chi connectivity index (χ1v) is 11.2. The predicted octanol–water partition coefficient (Wildman–Crippen LogP) is 3.81. The average Bonchev–Trinajstić information content (AvgIpc) is 3.32. The third kappa shape index (κ3) is 4.61. The first-order chi connectivity index (χ1) is 17.0. The van der Waals surface area contributed by atoms with Crippen molar-refractivity contribution in [1.29, 1.82) is 0 Å². The van der Waals surface area contributed by atoms with Crippen LogP contribution < -0.4 is 29.7 Å². The highest BCUT2D eigenvalue weighted by atomic mass is 16.7. The second-order valence-corrected chi connectivity index (χ2v) is 8.08. The maximum Gasteiger partial charge on any atom is 0.267 e. The zero-order valence-corrected chi connectivity index (χ0v) is 18.9. The lowest BCUT2D eigenvalue weighted by molar-refractivity contribution is -0.125. The van der Waals surface area contributed by atoms with E-state index in [9.17, 15) is 14.4 Å². The van der Waals surface area contributed by atoms with Gasteiger partial charge in [-0.2, -0.15) is 0 Å². The summed E-state index contributed by atoms with van der Waals surface area (Å²) in [6.07, 6.45) is -0.584. The molecule has 0 bridgehead atoms. The summed E-state index contributed by atoms with van der Waals surface area (Å²) in [5.74, 6) is 0.860. The molecule has 2 N–H and O–H groups in total. The molecule has 35 heavy (non-hydrogen) atoms. The van der Waals surface area contributed by atoms with Gasteiger partial charge in [0.2, 0.25) is 12.7 Å². The minimum absolute atomic E-state index is 0.0465. The lowest BCUT2D eigenvalue weighted by Crippen LogP contribution is -2.45. The Morgan fingerprint density at radius 2 is 1.71 bits per heavy atom. The van der Waals surface area contributed by atoms with Crippen molar-refractivity contribution < 1.29 is 28.6 Å². The Bertz CT molecular complexity index is 1310. The fraction of sp³-hybridized carbons (Fsp3) is 0.192. The summed E-state index contributed by atoms with van der Waals surface area (Å²) < 4.78 is 16.3. The van der Waals surface area contributed by atoms with Crippen LogP contribution in [-0.4, -0.2) is 37.2 Å². The summed E-state index contributed by atoms with van der Waals surface area (Å²) in [5, 5.41) is 5.61. The summed E-state index contributed by atoms with van der Waals surface area (Å²) in [7, 11) is 0. The van der Waals surface area contributed by atoms with Gasteiger partial charge < -0.3 is 29.7 Å². The molecule has 1 unspecified atom stereocenters. The Labute approximate surface area is 201 Å². The van der Waals surface area contributed by atoms with Gasteiger partial charge in [0.25, 0.3) is 11.8 Å². The number of nitrogens with one attached hydrogen (secondary N) is 2. The Kier molecular flexibility index (Phi) is 5.97. The molecule has 0 saturated heterocycles. The van der Waals surface area contributed by atoms with Crippen molar-refractivity contribution in [1.82, 2.24) is 0 Å². The highest BCUT2D eigenvalue weighted by molar-refractivity contribution is 6.10. The molecule has 2 aliphatic heterocycles. The van der Waals surface area contributed by atoms with E-state index in [2.05, 4.69) is 10.6 Å². The molecule has 9 nitrogen and oxygen atoms in total. The average molecular weight is 473 g/mol. The molecule has 0 radical (unpaired) electrons. The highest BCUT2D eigenvalue weighted by Crippen LogP contribution is 2.35. The standard InChI is InChI=1S/C26H23N3O6/c1-16-26(32)29(20-8-4-5-9-21(20)35-16)13-12-24(30)28-19-7-3-2-6-18(19)25(31)27-17-10-11-22-23(14-17)34-15-33-22/h2-11,14,16H,12-13,15H2,1H3,(H,27,31)(H,28,30). The fourth-order valence-electron chi connectivity index (χ4n) is 3.98. The zero-order valence-electron chi connectivity index (χ0n) is 18.9. The van der Waals surface area contributed by atoms with Crippen LogP contribution in [0.3, 0.4) is 0 Å². The molecule has 0 aromatic heterocycles. The van der Waals surface area contributed by atoms with Crippen molar-refractivity contribution in [3.63, 3.8) is 0 Å². The molecule has 2 aliphatic rings. The van der Waals surface area contributed by atoms with Gasteiger partial charge in [0.15, 0.2) is 17.6 Å². The number of benzene rings is 3. The van der Waals surface area contributed by atoms with Gasteiger partial charge in [0.1, 0.15) is 5.75 Å². The number of carbonyl (C=O) groups excluding carboxylic acids is 3. The normalized spacial score (nSPS) is 15.7. The number of carbonyl (C=O) groups is 3. The largest absolute Gasteiger partial charge is 0.479 e. The molecule has 0 spiro atoms. The molecular weight excluding hydrogens is 450 g/mol.